The maximum Gasteiger partial charge on any atom is 0.305 e. The number of carboxylic acids is 1. The van der Waals surface area contributed by atoms with Crippen LogP contribution in [0.4, 0.5) is 0 Å². The standard InChI is InChI=1S/C21H23NO3/c23-19(24)13-21(9-3-4-10-21)22-20(25)18-12-17(18)16-8-7-14-5-1-2-6-15(14)11-16/h1-2,5-8,11,17-18H,3-4,9-10,12-13H2,(H,22,25)(H,23,24). The summed E-state index contributed by atoms with van der Waals surface area (Å²) in [6.45, 7) is 0. The van der Waals surface area contributed by atoms with E-state index in [0.29, 0.717) is 0 Å². The highest BCUT2D eigenvalue weighted by molar-refractivity contribution is 5.86. The minimum Gasteiger partial charge on any atom is -0.481 e. The highest BCUT2D eigenvalue weighted by atomic mass is 16.4. The van der Waals surface area contributed by atoms with Crippen molar-refractivity contribution in [2.24, 2.45) is 5.92 Å². The lowest BCUT2D eigenvalue weighted by molar-refractivity contribution is -0.139. The van der Waals surface area contributed by atoms with Crippen molar-refractivity contribution in [1.82, 2.24) is 5.32 Å². The molecule has 2 atom stereocenters. The van der Waals surface area contributed by atoms with Crippen LogP contribution in [0.25, 0.3) is 10.8 Å². The fourth-order valence-electron chi connectivity index (χ4n) is 4.33. The van der Waals surface area contributed by atoms with E-state index in [2.05, 4.69) is 35.6 Å². The third-order valence-corrected chi connectivity index (χ3v) is 5.77. The summed E-state index contributed by atoms with van der Waals surface area (Å²) in [6.07, 6.45) is 4.43. The normalized spacial score (nSPS) is 24.2. The van der Waals surface area contributed by atoms with Gasteiger partial charge in [0.25, 0.3) is 0 Å². The van der Waals surface area contributed by atoms with E-state index in [1.807, 2.05) is 12.1 Å². The first kappa shape index (κ1) is 16.1. The average Bonchev–Trinajstić information content (AvgIpc) is 3.28. The first-order valence-electron chi connectivity index (χ1n) is 9.09. The fraction of sp³-hybridized carbons (Fsp3) is 0.429. The highest BCUT2D eigenvalue weighted by Crippen LogP contribution is 2.48. The molecule has 130 valence electrons. The Morgan fingerprint density at radius 2 is 1.80 bits per heavy atom. The molecule has 2 aliphatic rings. The first-order chi connectivity index (χ1) is 12.1. The molecule has 4 nitrogen and oxygen atoms in total. The summed E-state index contributed by atoms with van der Waals surface area (Å²) in [5.41, 5.74) is 0.678. The third-order valence-electron chi connectivity index (χ3n) is 5.77. The SMILES string of the molecule is O=C(O)CC1(NC(=O)C2CC2c2ccc3ccccc3c2)CCCC1. The van der Waals surface area contributed by atoms with E-state index < -0.39 is 11.5 Å². The van der Waals surface area contributed by atoms with Gasteiger partial charge in [-0.1, -0.05) is 55.3 Å². The number of nitrogens with one attached hydrogen (secondary N) is 1. The molecule has 2 N–H and O–H groups in total. The Kier molecular flexibility index (Phi) is 3.98. The number of aliphatic carboxylic acids is 1. The van der Waals surface area contributed by atoms with Crippen molar-refractivity contribution in [2.45, 2.75) is 50.0 Å². The smallest absolute Gasteiger partial charge is 0.305 e. The van der Waals surface area contributed by atoms with Gasteiger partial charge in [0.2, 0.25) is 5.91 Å². The summed E-state index contributed by atoms with van der Waals surface area (Å²) >= 11 is 0. The highest BCUT2D eigenvalue weighted by Gasteiger charge is 2.47. The second-order valence-electron chi connectivity index (χ2n) is 7.60. The lowest BCUT2D eigenvalue weighted by atomic mass is 9.92. The Labute approximate surface area is 147 Å². The van der Waals surface area contributed by atoms with E-state index >= 15 is 0 Å². The molecule has 2 saturated carbocycles. The van der Waals surface area contributed by atoms with Crippen LogP contribution in [-0.4, -0.2) is 22.5 Å². The summed E-state index contributed by atoms with van der Waals surface area (Å²) in [6, 6.07) is 14.6. The summed E-state index contributed by atoms with van der Waals surface area (Å²) in [5.74, 6) is -0.564. The topological polar surface area (TPSA) is 66.4 Å². The lowest BCUT2D eigenvalue weighted by Crippen LogP contribution is -2.48. The number of carboxylic acid groups (broad SMARTS) is 1. The molecule has 1 amide bonds. The number of benzene rings is 2. The van der Waals surface area contributed by atoms with Gasteiger partial charge in [-0.15, -0.1) is 0 Å². The second-order valence-corrected chi connectivity index (χ2v) is 7.60. The number of hydrogen-bond acceptors (Lipinski definition) is 2. The second kappa shape index (κ2) is 6.17. The van der Waals surface area contributed by atoms with E-state index in [1.165, 1.54) is 16.3 Å². The molecular weight excluding hydrogens is 314 g/mol. The van der Waals surface area contributed by atoms with Crippen LogP contribution in [0.2, 0.25) is 0 Å². The van der Waals surface area contributed by atoms with Gasteiger partial charge in [0, 0.05) is 5.92 Å². The van der Waals surface area contributed by atoms with Gasteiger partial charge in [0.15, 0.2) is 0 Å². The number of carbonyl (C=O) groups excluding carboxylic acids is 1. The van der Waals surface area contributed by atoms with Crippen LogP contribution in [-0.2, 0) is 9.59 Å². The van der Waals surface area contributed by atoms with E-state index in [1.54, 1.807) is 0 Å². The van der Waals surface area contributed by atoms with Crippen LogP contribution in [0, 0.1) is 5.92 Å². The maximum atomic E-state index is 12.7. The van der Waals surface area contributed by atoms with Crippen LogP contribution in [0.3, 0.4) is 0 Å². The molecule has 0 aliphatic heterocycles. The van der Waals surface area contributed by atoms with Crippen molar-refractivity contribution in [3.63, 3.8) is 0 Å². The van der Waals surface area contributed by atoms with Gasteiger partial charge < -0.3 is 10.4 Å². The van der Waals surface area contributed by atoms with Crippen molar-refractivity contribution in [3.05, 3.63) is 48.0 Å². The van der Waals surface area contributed by atoms with E-state index in [0.717, 1.165) is 32.1 Å². The van der Waals surface area contributed by atoms with Crippen LogP contribution in [0.1, 0.15) is 50.0 Å². The molecule has 0 radical (unpaired) electrons. The molecular formula is C21H23NO3. The largest absolute Gasteiger partial charge is 0.481 e. The molecule has 0 bridgehead atoms. The summed E-state index contributed by atoms with van der Waals surface area (Å²) in [7, 11) is 0. The summed E-state index contributed by atoms with van der Waals surface area (Å²) in [5, 5.41) is 14.7. The quantitative estimate of drug-likeness (QED) is 0.871. The monoisotopic (exact) mass is 337 g/mol. The molecule has 0 saturated heterocycles. The molecule has 4 heteroatoms. The van der Waals surface area contributed by atoms with Crippen molar-refractivity contribution in [2.75, 3.05) is 0 Å². The predicted octanol–water partition coefficient (Wildman–Crippen LogP) is 3.85. The third kappa shape index (κ3) is 3.26. The predicted molar refractivity (Wildman–Crippen MR) is 96.4 cm³/mol. The Morgan fingerprint density at radius 1 is 1.08 bits per heavy atom. The molecule has 2 aromatic rings. The van der Waals surface area contributed by atoms with Crippen LogP contribution >= 0.6 is 0 Å². The molecule has 4 rings (SSSR count). The molecule has 0 spiro atoms. The van der Waals surface area contributed by atoms with Gasteiger partial charge in [-0.2, -0.15) is 0 Å². The number of rotatable bonds is 5. The molecule has 2 unspecified atom stereocenters. The van der Waals surface area contributed by atoms with Gasteiger partial charge in [-0.05, 0) is 41.5 Å². The van der Waals surface area contributed by atoms with E-state index in [9.17, 15) is 14.7 Å². The van der Waals surface area contributed by atoms with Crippen LogP contribution in [0.5, 0.6) is 0 Å². The van der Waals surface area contributed by atoms with E-state index in [-0.39, 0.29) is 24.2 Å². The van der Waals surface area contributed by atoms with Gasteiger partial charge in [-0.25, -0.2) is 0 Å². The van der Waals surface area contributed by atoms with Gasteiger partial charge in [0.1, 0.15) is 0 Å². The number of amides is 1. The fourth-order valence-corrected chi connectivity index (χ4v) is 4.33. The van der Waals surface area contributed by atoms with Crippen molar-refractivity contribution in [3.8, 4) is 0 Å². The van der Waals surface area contributed by atoms with Crippen molar-refractivity contribution >= 4 is 22.6 Å². The average molecular weight is 337 g/mol. The van der Waals surface area contributed by atoms with Gasteiger partial charge in [0.05, 0.1) is 12.0 Å². The Hall–Kier alpha value is -2.36. The Balaban J connectivity index is 1.46. The van der Waals surface area contributed by atoms with Crippen molar-refractivity contribution in [1.29, 1.82) is 0 Å². The number of fused-ring (bicyclic) bond motifs is 1. The summed E-state index contributed by atoms with van der Waals surface area (Å²) in [4.78, 5) is 23.9. The zero-order valence-corrected chi connectivity index (χ0v) is 14.2. The maximum absolute atomic E-state index is 12.7. The van der Waals surface area contributed by atoms with Gasteiger partial charge >= 0.3 is 5.97 Å². The minimum atomic E-state index is -0.830. The number of carbonyl (C=O) groups is 2. The molecule has 0 heterocycles. The minimum absolute atomic E-state index is 0.0209. The molecule has 0 aromatic heterocycles. The van der Waals surface area contributed by atoms with Gasteiger partial charge in [-0.3, -0.25) is 9.59 Å². The Morgan fingerprint density at radius 3 is 2.52 bits per heavy atom. The van der Waals surface area contributed by atoms with Crippen LogP contribution in [0.15, 0.2) is 42.5 Å². The molecule has 2 aliphatic carbocycles. The zero-order chi connectivity index (χ0) is 17.4. The Bertz CT molecular complexity index is 823. The molecule has 25 heavy (non-hydrogen) atoms. The molecule has 2 fully saturated rings. The zero-order valence-electron chi connectivity index (χ0n) is 14.2. The van der Waals surface area contributed by atoms with Crippen molar-refractivity contribution < 1.29 is 14.7 Å². The first-order valence-corrected chi connectivity index (χ1v) is 9.09. The molecule has 2 aromatic carbocycles. The number of hydrogen-bond donors (Lipinski definition) is 2. The van der Waals surface area contributed by atoms with E-state index in [4.69, 9.17) is 0 Å². The van der Waals surface area contributed by atoms with Crippen LogP contribution < -0.4 is 5.32 Å². The summed E-state index contributed by atoms with van der Waals surface area (Å²) < 4.78 is 0. The lowest BCUT2D eigenvalue weighted by Gasteiger charge is -2.28.